The van der Waals surface area contributed by atoms with E-state index >= 15 is 0 Å². The number of primary amides is 1. The van der Waals surface area contributed by atoms with Gasteiger partial charge in [0.2, 0.25) is 0 Å². The number of aryl methyl sites for hydroxylation is 2. The lowest BCUT2D eigenvalue weighted by Gasteiger charge is -2.22. The second-order valence-corrected chi connectivity index (χ2v) is 8.82. The Balaban J connectivity index is 1.89. The molecule has 7 heteroatoms. The predicted octanol–water partition coefficient (Wildman–Crippen LogP) is 5.94. The number of anilines is 1. The fourth-order valence-electron chi connectivity index (χ4n) is 4.20. The normalized spacial score (nSPS) is 11.5. The standard InChI is InChI=1S/C29H34N2O5/c1-4-5-14-25(36-29(30)34)22-15-16-24(27(33)23(22)17-21-12-7-6-8-13-21)31-26(32)18-35-28-19(2)10-9-11-20(28)3/h6-13,15-16,25,33H,4-5,14,17-18H2,1-3H3,(H2,30,34)(H,31,32). The number of aromatic hydroxyl groups is 1. The molecule has 0 radical (unpaired) electrons. The molecule has 0 saturated carbocycles. The molecule has 1 atom stereocenters. The molecule has 3 aromatic rings. The lowest BCUT2D eigenvalue weighted by Crippen LogP contribution is -2.21. The molecule has 0 aromatic heterocycles. The Morgan fingerprint density at radius 3 is 2.33 bits per heavy atom. The van der Waals surface area contributed by atoms with Crippen molar-refractivity contribution in [3.8, 4) is 11.5 Å². The van der Waals surface area contributed by atoms with Crippen LogP contribution in [-0.2, 0) is 16.0 Å². The van der Waals surface area contributed by atoms with Crippen molar-refractivity contribution in [3.05, 3.63) is 88.5 Å². The summed E-state index contributed by atoms with van der Waals surface area (Å²) in [6.07, 6.45) is 1.20. The number of carbonyl (C=O) groups excluding carboxylic acids is 2. The van der Waals surface area contributed by atoms with Crippen LogP contribution in [0.5, 0.6) is 11.5 Å². The first-order chi connectivity index (χ1) is 17.3. The zero-order valence-corrected chi connectivity index (χ0v) is 21.0. The third-order valence-corrected chi connectivity index (χ3v) is 6.00. The second-order valence-electron chi connectivity index (χ2n) is 8.82. The maximum absolute atomic E-state index is 12.7. The third kappa shape index (κ3) is 7.01. The van der Waals surface area contributed by atoms with E-state index in [1.54, 1.807) is 12.1 Å². The number of nitrogens with one attached hydrogen (secondary N) is 1. The summed E-state index contributed by atoms with van der Waals surface area (Å²) in [7, 11) is 0. The van der Waals surface area contributed by atoms with Gasteiger partial charge in [-0.3, -0.25) is 4.79 Å². The predicted molar refractivity (Wildman–Crippen MR) is 140 cm³/mol. The topological polar surface area (TPSA) is 111 Å². The Bertz CT molecular complexity index is 1170. The molecule has 3 rings (SSSR count). The van der Waals surface area contributed by atoms with Gasteiger partial charge in [0.25, 0.3) is 5.91 Å². The molecule has 4 N–H and O–H groups in total. The summed E-state index contributed by atoms with van der Waals surface area (Å²) < 4.78 is 11.2. The van der Waals surface area contributed by atoms with Crippen molar-refractivity contribution in [3.63, 3.8) is 0 Å². The maximum Gasteiger partial charge on any atom is 0.405 e. The van der Waals surface area contributed by atoms with Gasteiger partial charge in [0.15, 0.2) is 6.61 Å². The van der Waals surface area contributed by atoms with Gasteiger partial charge >= 0.3 is 6.09 Å². The number of benzene rings is 3. The summed E-state index contributed by atoms with van der Waals surface area (Å²) in [5, 5.41) is 14.0. The Morgan fingerprint density at radius 1 is 1.00 bits per heavy atom. The molecule has 0 aliphatic heterocycles. The molecular formula is C29H34N2O5. The van der Waals surface area contributed by atoms with Crippen molar-refractivity contribution >= 4 is 17.7 Å². The Labute approximate surface area is 212 Å². The third-order valence-electron chi connectivity index (χ3n) is 6.00. The number of phenolic OH excluding ortho intramolecular Hbond substituents is 1. The van der Waals surface area contributed by atoms with Crippen LogP contribution in [0.15, 0.2) is 60.7 Å². The van der Waals surface area contributed by atoms with Gasteiger partial charge in [0.1, 0.15) is 17.6 Å². The molecule has 2 amide bonds. The van der Waals surface area contributed by atoms with E-state index in [4.69, 9.17) is 15.2 Å². The number of nitrogens with two attached hydrogens (primary N) is 1. The quantitative estimate of drug-likeness (QED) is 0.288. The van der Waals surface area contributed by atoms with Gasteiger partial charge in [0.05, 0.1) is 5.69 Å². The van der Waals surface area contributed by atoms with E-state index in [0.717, 1.165) is 29.5 Å². The molecule has 0 heterocycles. The fourth-order valence-corrected chi connectivity index (χ4v) is 4.20. The second kappa shape index (κ2) is 12.6. The number of phenols is 1. The maximum atomic E-state index is 12.7. The molecule has 3 aromatic carbocycles. The van der Waals surface area contributed by atoms with Crippen LogP contribution in [0.4, 0.5) is 10.5 Å². The Kier molecular flexibility index (Phi) is 9.33. The summed E-state index contributed by atoms with van der Waals surface area (Å²) in [6, 6.07) is 18.8. The van der Waals surface area contributed by atoms with E-state index in [2.05, 4.69) is 5.32 Å². The van der Waals surface area contributed by atoms with Crippen LogP contribution in [-0.4, -0.2) is 23.7 Å². The minimum absolute atomic E-state index is 0.0775. The van der Waals surface area contributed by atoms with Crippen molar-refractivity contribution in [2.24, 2.45) is 5.73 Å². The van der Waals surface area contributed by atoms with Crippen molar-refractivity contribution in [2.45, 2.75) is 52.6 Å². The highest BCUT2D eigenvalue weighted by Crippen LogP contribution is 2.38. The highest BCUT2D eigenvalue weighted by molar-refractivity contribution is 5.93. The van der Waals surface area contributed by atoms with Gasteiger partial charge < -0.3 is 25.6 Å². The van der Waals surface area contributed by atoms with Gasteiger partial charge in [-0.15, -0.1) is 0 Å². The zero-order valence-electron chi connectivity index (χ0n) is 21.0. The van der Waals surface area contributed by atoms with Crippen molar-refractivity contribution in [1.29, 1.82) is 0 Å². The van der Waals surface area contributed by atoms with Gasteiger partial charge in [-0.25, -0.2) is 4.79 Å². The van der Waals surface area contributed by atoms with E-state index in [-0.39, 0.29) is 18.0 Å². The lowest BCUT2D eigenvalue weighted by atomic mass is 9.92. The molecule has 190 valence electrons. The van der Waals surface area contributed by atoms with E-state index in [9.17, 15) is 14.7 Å². The number of hydrogen-bond donors (Lipinski definition) is 3. The smallest absolute Gasteiger partial charge is 0.405 e. The van der Waals surface area contributed by atoms with Crippen LogP contribution in [0.2, 0.25) is 0 Å². The highest BCUT2D eigenvalue weighted by Gasteiger charge is 2.23. The van der Waals surface area contributed by atoms with Crippen molar-refractivity contribution < 1.29 is 24.2 Å². The van der Waals surface area contributed by atoms with Crippen molar-refractivity contribution in [2.75, 3.05) is 11.9 Å². The van der Waals surface area contributed by atoms with E-state index in [1.165, 1.54) is 0 Å². The molecule has 0 saturated heterocycles. The summed E-state index contributed by atoms with van der Waals surface area (Å²) in [5.74, 6) is 0.188. The molecule has 0 fully saturated rings. The van der Waals surface area contributed by atoms with Crippen LogP contribution >= 0.6 is 0 Å². The van der Waals surface area contributed by atoms with Crippen LogP contribution in [0.25, 0.3) is 0 Å². The molecule has 1 unspecified atom stereocenters. The van der Waals surface area contributed by atoms with Gasteiger partial charge in [-0.2, -0.15) is 0 Å². The van der Waals surface area contributed by atoms with E-state index in [1.807, 2.05) is 69.3 Å². The van der Waals surface area contributed by atoms with Crippen LogP contribution < -0.4 is 15.8 Å². The van der Waals surface area contributed by atoms with Gasteiger partial charge in [-0.05, 0) is 55.0 Å². The van der Waals surface area contributed by atoms with Gasteiger partial charge in [-0.1, -0.05) is 67.9 Å². The van der Waals surface area contributed by atoms with Crippen molar-refractivity contribution in [1.82, 2.24) is 0 Å². The first-order valence-corrected chi connectivity index (χ1v) is 12.1. The van der Waals surface area contributed by atoms with E-state index < -0.39 is 18.1 Å². The SMILES string of the molecule is CCCCC(OC(N)=O)c1ccc(NC(=O)COc2c(C)cccc2C)c(O)c1Cc1ccccc1. The lowest BCUT2D eigenvalue weighted by molar-refractivity contribution is -0.118. The average Bonchev–Trinajstić information content (AvgIpc) is 2.84. The molecular weight excluding hydrogens is 456 g/mol. The first-order valence-electron chi connectivity index (χ1n) is 12.1. The van der Waals surface area contributed by atoms with Crippen LogP contribution in [0.1, 0.15) is 60.1 Å². The summed E-state index contributed by atoms with van der Waals surface area (Å²) in [6.45, 7) is 5.68. The highest BCUT2D eigenvalue weighted by atomic mass is 16.6. The number of para-hydroxylation sites is 1. The number of unbranched alkanes of at least 4 members (excludes halogenated alkanes) is 1. The van der Waals surface area contributed by atoms with E-state index in [0.29, 0.717) is 29.7 Å². The average molecular weight is 491 g/mol. The minimum Gasteiger partial charge on any atom is -0.505 e. The Hall–Kier alpha value is -4.00. The molecule has 0 aliphatic rings. The fraction of sp³-hybridized carbons (Fsp3) is 0.310. The number of hydrogen-bond acceptors (Lipinski definition) is 5. The first kappa shape index (κ1) is 26.6. The molecule has 0 aliphatic carbocycles. The number of carbonyl (C=O) groups is 2. The monoisotopic (exact) mass is 490 g/mol. The number of rotatable bonds is 11. The molecule has 0 bridgehead atoms. The summed E-state index contributed by atoms with van der Waals surface area (Å²) in [5.41, 5.74) is 9.67. The number of amides is 2. The largest absolute Gasteiger partial charge is 0.505 e. The molecule has 36 heavy (non-hydrogen) atoms. The van der Waals surface area contributed by atoms with Gasteiger partial charge in [0, 0.05) is 12.0 Å². The van der Waals surface area contributed by atoms with Crippen LogP contribution in [0, 0.1) is 13.8 Å². The summed E-state index contributed by atoms with van der Waals surface area (Å²) >= 11 is 0. The number of ether oxygens (including phenoxy) is 2. The summed E-state index contributed by atoms with van der Waals surface area (Å²) in [4.78, 5) is 24.3. The van der Waals surface area contributed by atoms with Crippen LogP contribution in [0.3, 0.4) is 0 Å². The Morgan fingerprint density at radius 2 is 1.69 bits per heavy atom. The molecule has 7 nitrogen and oxygen atoms in total. The zero-order chi connectivity index (χ0) is 26.1. The molecule has 0 spiro atoms. The minimum atomic E-state index is -0.873.